The molecule has 1 aliphatic rings. The molecule has 3 nitrogen and oxygen atoms in total. The topological polar surface area (TPSA) is 29.9 Å². The molecule has 0 spiro atoms. The molecule has 0 amide bonds. The molecule has 3 rings (SSSR count). The first-order chi connectivity index (χ1) is 9.29. The summed E-state index contributed by atoms with van der Waals surface area (Å²) in [6.45, 7) is 6.53. The van der Waals surface area contributed by atoms with Crippen LogP contribution < -0.4 is 5.32 Å². The lowest BCUT2D eigenvalue weighted by Crippen LogP contribution is -2.12. The maximum absolute atomic E-state index is 4.57. The Labute approximate surface area is 114 Å². The Balaban J connectivity index is 1.97. The zero-order valence-corrected chi connectivity index (χ0v) is 11.3. The maximum atomic E-state index is 4.57. The second-order valence-corrected chi connectivity index (χ2v) is 5.04. The predicted octanol–water partition coefficient (Wildman–Crippen LogP) is 3.33. The van der Waals surface area contributed by atoms with Gasteiger partial charge in [0.1, 0.15) is 0 Å². The second-order valence-electron chi connectivity index (χ2n) is 5.04. The van der Waals surface area contributed by atoms with Crippen molar-refractivity contribution in [3.8, 4) is 0 Å². The van der Waals surface area contributed by atoms with Gasteiger partial charge in [0.15, 0.2) is 0 Å². The van der Waals surface area contributed by atoms with Crippen LogP contribution in [-0.2, 0) is 6.42 Å². The van der Waals surface area contributed by atoms with Crippen LogP contribution in [0.1, 0.15) is 29.3 Å². The number of hydrogen-bond acceptors (Lipinski definition) is 2. The third kappa shape index (κ3) is 2.16. The molecule has 1 aromatic carbocycles. The zero-order valence-electron chi connectivity index (χ0n) is 11.3. The zero-order chi connectivity index (χ0) is 13.2. The van der Waals surface area contributed by atoms with Gasteiger partial charge in [-0.3, -0.25) is 0 Å². The number of fused-ring (bicyclic) bond motifs is 1. The highest BCUT2D eigenvalue weighted by Gasteiger charge is 2.25. The normalized spacial score (nSPS) is 17.2. The number of anilines is 1. The first-order valence-corrected chi connectivity index (χ1v) is 6.77. The molecule has 3 heteroatoms. The Morgan fingerprint density at radius 3 is 3.16 bits per heavy atom. The van der Waals surface area contributed by atoms with Crippen LogP contribution in [0.4, 0.5) is 5.95 Å². The molecule has 0 saturated heterocycles. The van der Waals surface area contributed by atoms with E-state index in [0.717, 1.165) is 31.0 Å². The highest BCUT2D eigenvalue weighted by Crippen LogP contribution is 2.35. The molecular weight excluding hydrogens is 234 g/mol. The SMILES string of the molecule is C=CCNc1nc(C)cn1C1CCc2ccccc21. The predicted molar refractivity (Wildman–Crippen MR) is 78.6 cm³/mol. The fourth-order valence-electron chi connectivity index (χ4n) is 2.87. The minimum Gasteiger partial charge on any atom is -0.352 e. The van der Waals surface area contributed by atoms with Crippen molar-refractivity contribution in [3.05, 3.63) is 59.9 Å². The van der Waals surface area contributed by atoms with E-state index in [-0.39, 0.29) is 0 Å². The van der Waals surface area contributed by atoms with Crippen LogP contribution in [0, 0.1) is 6.92 Å². The first kappa shape index (κ1) is 12.0. The van der Waals surface area contributed by atoms with E-state index in [2.05, 4.69) is 51.9 Å². The lowest BCUT2D eigenvalue weighted by Gasteiger charge is -2.17. The van der Waals surface area contributed by atoms with E-state index in [1.165, 1.54) is 11.1 Å². The molecule has 1 unspecified atom stereocenters. The van der Waals surface area contributed by atoms with Crippen molar-refractivity contribution in [2.45, 2.75) is 25.8 Å². The van der Waals surface area contributed by atoms with Gasteiger partial charge < -0.3 is 9.88 Å². The van der Waals surface area contributed by atoms with Gasteiger partial charge >= 0.3 is 0 Å². The van der Waals surface area contributed by atoms with E-state index in [4.69, 9.17) is 0 Å². The number of benzene rings is 1. The molecule has 19 heavy (non-hydrogen) atoms. The van der Waals surface area contributed by atoms with E-state index in [0.29, 0.717) is 6.04 Å². The number of imidazole rings is 1. The molecule has 98 valence electrons. The van der Waals surface area contributed by atoms with Crippen molar-refractivity contribution in [2.75, 3.05) is 11.9 Å². The molecule has 1 atom stereocenters. The molecule has 0 radical (unpaired) electrons. The van der Waals surface area contributed by atoms with Crippen molar-refractivity contribution >= 4 is 5.95 Å². The van der Waals surface area contributed by atoms with E-state index in [1.807, 2.05) is 13.0 Å². The van der Waals surface area contributed by atoms with Crippen LogP contribution >= 0.6 is 0 Å². The van der Waals surface area contributed by atoms with Gasteiger partial charge in [0.2, 0.25) is 5.95 Å². The summed E-state index contributed by atoms with van der Waals surface area (Å²) in [5, 5.41) is 3.33. The highest BCUT2D eigenvalue weighted by atomic mass is 15.2. The molecule has 0 saturated carbocycles. The van der Waals surface area contributed by atoms with Gasteiger partial charge in [0, 0.05) is 12.7 Å². The summed E-state index contributed by atoms with van der Waals surface area (Å²) in [7, 11) is 0. The molecule has 1 heterocycles. The Morgan fingerprint density at radius 1 is 1.47 bits per heavy atom. The van der Waals surface area contributed by atoms with Gasteiger partial charge in [-0.25, -0.2) is 4.98 Å². The van der Waals surface area contributed by atoms with Crippen LogP contribution in [0.5, 0.6) is 0 Å². The van der Waals surface area contributed by atoms with Crippen molar-refractivity contribution in [1.29, 1.82) is 0 Å². The van der Waals surface area contributed by atoms with Crippen molar-refractivity contribution in [1.82, 2.24) is 9.55 Å². The summed E-state index contributed by atoms with van der Waals surface area (Å²) >= 11 is 0. The average molecular weight is 253 g/mol. The number of nitrogens with zero attached hydrogens (tertiary/aromatic N) is 2. The number of nitrogens with one attached hydrogen (secondary N) is 1. The molecule has 2 aromatic rings. The summed E-state index contributed by atoms with van der Waals surface area (Å²) in [4.78, 5) is 4.57. The molecule has 1 N–H and O–H groups in total. The first-order valence-electron chi connectivity index (χ1n) is 6.77. The summed E-state index contributed by atoms with van der Waals surface area (Å²) in [5.41, 5.74) is 3.95. The quantitative estimate of drug-likeness (QED) is 0.847. The third-order valence-corrected chi connectivity index (χ3v) is 3.69. The molecule has 1 aromatic heterocycles. The molecular formula is C16H19N3. The van der Waals surface area contributed by atoms with E-state index in [9.17, 15) is 0 Å². The number of aromatic nitrogens is 2. The summed E-state index contributed by atoms with van der Waals surface area (Å²) in [5.74, 6) is 0.944. The minimum absolute atomic E-state index is 0.407. The third-order valence-electron chi connectivity index (χ3n) is 3.69. The van der Waals surface area contributed by atoms with Crippen LogP contribution in [0.25, 0.3) is 0 Å². The molecule has 0 fully saturated rings. The Hall–Kier alpha value is -2.03. The molecule has 0 aliphatic heterocycles. The summed E-state index contributed by atoms with van der Waals surface area (Å²) in [6.07, 6.45) is 6.30. The van der Waals surface area contributed by atoms with Gasteiger partial charge in [-0.05, 0) is 30.9 Å². The van der Waals surface area contributed by atoms with Gasteiger partial charge in [0.25, 0.3) is 0 Å². The average Bonchev–Trinajstić information content (AvgIpc) is 2.99. The fraction of sp³-hybridized carbons (Fsp3) is 0.312. The Morgan fingerprint density at radius 2 is 2.32 bits per heavy atom. The van der Waals surface area contributed by atoms with Crippen LogP contribution in [0.3, 0.4) is 0 Å². The number of rotatable bonds is 4. The van der Waals surface area contributed by atoms with Gasteiger partial charge in [0.05, 0.1) is 11.7 Å². The largest absolute Gasteiger partial charge is 0.352 e. The Kier molecular flexibility index (Phi) is 3.11. The summed E-state index contributed by atoms with van der Waals surface area (Å²) in [6, 6.07) is 9.12. The van der Waals surface area contributed by atoms with Gasteiger partial charge in [-0.2, -0.15) is 0 Å². The van der Waals surface area contributed by atoms with Crippen molar-refractivity contribution in [3.63, 3.8) is 0 Å². The van der Waals surface area contributed by atoms with Crippen molar-refractivity contribution < 1.29 is 0 Å². The van der Waals surface area contributed by atoms with E-state index >= 15 is 0 Å². The van der Waals surface area contributed by atoms with Crippen LogP contribution in [0.15, 0.2) is 43.1 Å². The number of aryl methyl sites for hydroxylation is 2. The fourth-order valence-corrected chi connectivity index (χ4v) is 2.87. The minimum atomic E-state index is 0.407. The lowest BCUT2D eigenvalue weighted by atomic mass is 10.1. The van der Waals surface area contributed by atoms with Gasteiger partial charge in [-0.1, -0.05) is 30.3 Å². The number of hydrogen-bond donors (Lipinski definition) is 1. The monoisotopic (exact) mass is 253 g/mol. The second kappa shape index (κ2) is 4.92. The van der Waals surface area contributed by atoms with Gasteiger partial charge in [-0.15, -0.1) is 6.58 Å². The van der Waals surface area contributed by atoms with E-state index in [1.54, 1.807) is 0 Å². The molecule has 0 bridgehead atoms. The Bertz CT molecular complexity index is 598. The smallest absolute Gasteiger partial charge is 0.203 e. The van der Waals surface area contributed by atoms with Crippen LogP contribution in [0.2, 0.25) is 0 Å². The summed E-state index contributed by atoms with van der Waals surface area (Å²) < 4.78 is 2.27. The van der Waals surface area contributed by atoms with Crippen molar-refractivity contribution in [2.24, 2.45) is 0 Å². The van der Waals surface area contributed by atoms with E-state index < -0.39 is 0 Å². The maximum Gasteiger partial charge on any atom is 0.203 e. The van der Waals surface area contributed by atoms with Crippen LogP contribution in [-0.4, -0.2) is 16.1 Å². The lowest BCUT2D eigenvalue weighted by molar-refractivity contribution is 0.584. The standard InChI is InChI=1S/C16H19N3/c1-3-10-17-16-18-12(2)11-19(16)15-9-8-13-6-4-5-7-14(13)15/h3-7,11,15H,1,8-10H2,2H3,(H,17,18). The highest BCUT2D eigenvalue weighted by molar-refractivity contribution is 5.39. The molecule has 1 aliphatic carbocycles.